The summed E-state index contributed by atoms with van der Waals surface area (Å²) in [7, 11) is 1.59. The number of ether oxygens (including phenoxy) is 3. The van der Waals surface area contributed by atoms with Gasteiger partial charge in [0, 0.05) is 0 Å². The number of esters is 1. The van der Waals surface area contributed by atoms with Gasteiger partial charge in [0.05, 0.1) is 35.7 Å². The first-order chi connectivity index (χ1) is 8.58. The molecule has 0 fully saturated rings. The molecule has 100 valence electrons. The van der Waals surface area contributed by atoms with Gasteiger partial charge in [0.2, 0.25) is 0 Å². The van der Waals surface area contributed by atoms with Gasteiger partial charge in [-0.1, -0.05) is 0 Å². The molecule has 0 heterocycles. The van der Waals surface area contributed by atoms with Crippen LogP contribution in [0, 0.1) is 0 Å². The quantitative estimate of drug-likeness (QED) is 0.707. The molecule has 0 N–H and O–H groups in total. The highest BCUT2D eigenvalue weighted by atomic mass is 79.9. The van der Waals surface area contributed by atoms with E-state index in [1.54, 1.807) is 26.2 Å². The van der Waals surface area contributed by atoms with Crippen LogP contribution in [0.2, 0.25) is 0 Å². The SMILES string of the molecule is CCOC(=O)CCOc1cc(Br)c(OC)cc1Br. The molecule has 0 bridgehead atoms. The van der Waals surface area contributed by atoms with Crippen LogP contribution in [-0.4, -0.2) is 26.3 Å². The number of hydrogen-bond acceptors (Lipinski definition) is 4. The fourth-order valence-electron chi connectivity index (χ4n) is 1.25. The van der Waals surface area contributed by atoms with E-state index >= 15 is 0 Å². The molecule has 0 radical (unpaired) electrons. The lowest BCUT2D eigenvalue weighted by Gasteiger charge is -2.10. The number of benzene rings is 1. The molecule has 0 amide bonds. The van der Waals surface area contributed by atoms with E-state index in [1.807, 2.05) is 0 Å². The summed E-state index contributed by atoms with van der Waals surface area (Å²) in [6, 6.07) is 3.58. The van der Waals surface area contributed by atoms with Crippen LogP contribution < -0.4 is 9.47 Å². The number of hydrogen-bond donors (Lipinski definition) is 0. The van der Waals surface area contributed by atoms with Crippen molar-refractivity contribution in [2.24, 2.45) is 0 Å². The van der Waals surface area contributed by atoms with Crippen molar-refractivity contribution in [2.75, 3.05) is 20.3 Å². The van der Waals surface area contributed by atoms with Gasteiger partial charge in [0.1, 0.15) is 11.5 Å². The van der Waals surface area contributed by atoms with Gasteiger partial charge in [-0.15, -0.1) is 0 Å². The second kappa shape index (κ2) is 7.63. The Bertz CT molecular complexity index is 421. The summed E-state index contributed by atoms with van der Waals surface area (Å²) < 4.78 is 17.0. The summed E-state index contributed by atoms with van der Waals surface area (Å²) in [5, 5.41) is 0. The number of halogens is 2. The Morgan fingerprint density at radius 2 is 1.83 bits per heavy atom. The molecule has 4 nitrogen and oxygen atoms in total. The Hall–Kier alpha value is -0.750. The lowest BCUT2D eigenvalue weighted by molar-refractivity contribution is -0.143. The van der Waals surface area contributed by atoms with Gasteiger partial charge in [-0.05, 0) is 50.9 Å². The first-order valence-corrected chi connectivity index (χ1v) is 6.98. The average molecular weight is 382 g/mol. The summed E-state index contributed by atoms with van der Waals surface area (Å²) in [5.41, 5.74) is 0. The van der Waals surface area contributed by atoms with Crippen molar-refractivity contribution in [3.8, 4) is 11.5 Å². The molecule has 0 spiro atoms. The fraction of sp³-hybridized carbons (Fsp3) is 0.417. The third kappa shape index (κ3) is 4.49. The molecule has 0 unspecified atom stereocenters. The lowest BCUT2D eigenvalue weighted by atomic mass is 10.3. The van der Waals surface area contributed by atoms with Gasteiger partial charge in [0.25, 0.3) is 0 Å². The van der Waals surface area contributed by atoms with E-state index in [0.717, 1.165) is 8.95 Å². The van der Waals surface area contributed by atoms with E-state index < -0.39 is 0 Å². The maximum absolute atomic E-state index is 11.1. The normalized spacial score (nSPS) is 10.0. The van der Waals surface area contributed by atoms with Crippen molar-refractivity contribution < 1.29 is 19.0 Å². The highest BCUT2D eigenvalue weighted by Gasteiger charge is 2.09. The summed E-state index contributed by atoms with van der Waals surface area (Å²) >= 11 is 6.75. The third-order valence-electron chi connectivity index (χ3n) is 2.08. The Balaban J connectivity index is 2.57. The summed E-state index contributed by atoms with van der Waals surface area (Å²) in [6.45, 7) is 2.43. The van der Waals surface area contributed by atoms with Gasteiger partial charge in [-0.25, -0.2) is 0 Å². The average Bonchev–Trinajstić information content (AvgIpc) is 2.33. The number of rotatable bonds is 6. The molecule has 0 aromatic heterocycles. The standard InChI is InChI=1S/C12H14Br2O4/c1-3-17-12(15)4-5-18-11-7-8(13)10(16-2)6-9(11)14/h6-7H,3-5H2,1-2H3. The van der Waals surface area contributed by atoms with E-state index in [4.69, 9.17) is 14.2 Å². The summed E-state index contributed by atoms with van der Waals surface area (Å²) in [4.78, 5) is 11.1. The predicted molar refractivity (Wildman–Crippen MR) is 75.1 cm³/mol. The van der Waals surface area contributed by atoms with Crippen LogP contribution in [0.5, 0.6) is 11.5 Å². The molecular weight excluding hydrogens is 368 g/mol. The van der Waals surface area contributed by atoms with Gasteiger partial charge in [-0.3, -0.25) is 4.79 Å². The molecule has 0 saturated heterocycles. The smallest absolute Gasteiger partial charge is 0.309 e. The Labute approximate surface area is 123 Å². The van der Waals surface area contributed by atoms with E-state index in [2.05, 4.69) is 31.9 Å². The van der Waals surface area contributed by atoms with Crippen molar-refractivity contribution >= 4 is 37.8 Å². The second-order valence-corrected chi connectivity index (χ2v) is 5.03. The summed E-state index contributed by atoms with van der Waals surface area (Å²) in [6.07, 6.45) is 0.226. The molecular formula is C12H14Br2O4. The Kier molecular flexibility index (Phi) is 6.49. The fourth-order valence-corrected chi connectivity index (χ4v) is 2.18. The number of carbonyl (C=O) groups excluding carboxylic acids is 1. The van der Waals surface area contributed by atoms with Gasteiger partial charge in [0.15, 0.2) is 0 Å². The van der Waals surface area contributed by atoms with Crippen molar-refractivity contribution in [2.45, 2.75) is 13.3 Å². The Morgan fingerprint density at radius 3 is 2.44 bits per heavy atom. The molecule has 0 aliphatic heterocycles. The molecule has 1 rings (SSSR count). The zero-order chi connectivity index (χ0) is 13.5. The highest BCUT2D eigenvalue weighted by Crippen LogP contribution is 2.35. The number of methoxy groups -OCH3 is 1. The van der Waals surface area contributed by atoms with E-state index in [0.29, 0.717) is 18.1 Å². The molecule has 18 heavy (non-hydrogen) atoms. The van der Waals surface area contributed by atoms with Gasteiger partial charge >= 0.3 is 5.97 Å². The molecule has 0 aliphatic carbocycles. The number of carbonyl (C=O) groups is 1. The summed E-state index contributed by atoms with van der Waals surface area (Å²) in [5.74, 6) is 1.09. The van der Waals surface area contributed by atoms with Crippen molar-refractivity contribution in [1.29, 1.82) is 0 Å². The predicted octanol–water partition coefficient (Wildman–Crippen LogP) is 3.55. The maximum atomic E-state index is 11.1. The van der Waals surface area contributed by atoms with Crippen LogP contribution in [0.25, 0.3) is 0 Å². The molecule has 6 heteroatoms. The minimum absolute atomic E-state index is 0.226. The van der Waals surface area contributed by atoms with Crippen LogP contribution in [-0.2, 0) is 9.53 Å². The molecule has 1 aromatic rings. The van der Waals surface area contributed by atoms with E-state index in [9.17, 15) is 4.79 Å². The topological polar surface area (TPSA) is 44.8 Å². The van der Waals surface area contributed by atoms with E-state index in [-0.39, 0.29) is 19.0 Å². The minimum Gasteiger partial charge on any atom is -0.496 e. The van der Waals surface area contributed by atoms with Crippen molar-refractivity contribution in [3.05, 3.63) is 21.1 Å². The van der Waals surface area contributed by atoms with Crippen LogP contribution in [0.4, 0.5) is 0 Å². The van der Waals surface area contributed by atoms with Crippen molar-refractivity contribution in [3.63, 3.8) is 0 Å². The zero-order valence-electron chi connectivity index (χ0n) is 10.2. The Morgan fingerprint density at radius 1 is 1.22 bits per heavy atom. The second-order valence-electron chi connectivity index (χ2n) is 3.32. The van der Waals surface area contributed by atoms with Gasteiger partial charge in [-0.2, -0.15) is 0 Å². The van der Waals surface area contributed by atoms with Crippen LogP contribution in [0.3, 0.4) is 0 Å². The van der Waals surface area contributed by atoms with Crippen molar-refractivity contribution in [1.82, 2.24) is 0 Å². The monoisotopic (exact) mass is 380 g/mol. The molecule has 0 saturated carbocycles. The molecule has 0 aliphatic rings. The zero-order valence-corrected chi connectivity index (χ0v) is 13.3. The van der Waals surface area contributed by atoms with Gasteiger partial charge < -0.3 is 14.2 Å². The first-order valence-electron chi connectivity index (χ1n) is 5.40. The van der Waals surface area contributed by atoms with Crippen LogP contribution >= 0.6 is 31.9 Å². The third-order valence-corrected chi connectivity index (χ3v) is 3.31. The van der Waals surface area contributed by atoms with Crippen LogP contribution in [0.15, 0.2) is 21.1 Å². The molecule has 0 atom stereocenters. The van der Waals surface area contributed by atoms with Crippen LogP contribution in [0.1, 0.15) is 13.3 Å². The lowest BCUT2D eigenvalue weighted by Crippen LogP contribution is -2.09. The van der Waals surface area contributed by atoms with E-state index in [1.165, 1.54) is 0 Å². The first kappa shape index (κ1) is 15.3. The minimum atomic E-state index is -0.263. The highest BCUT2D eigenvalue weighted by molar-refractivity contribution is 9.11. The largest absolute Gasteiger partial charge is 0.496 e. The molecule has 1 aromatic carbocycles. The maximum Gasteiger partial charge on any atom is 0.309 e.